The van der Waals surface area contributed by atoms with Gasteiger partial charge in [-0.15, -0.1) is 0 Å². The fraction of sp³-hybridized carbons (Fsp3) is 0.118. The minimum atomic E-state index is -0.400. The molecule has 1 atom stereocenters. The molecule has 2 aromatic carbocycles. The van der Waals surface area contributed by atoms with Crippen molar-refractivity contribution in [3.63, 3.8) is 0 Å². The van der Waals surface area contributed by atoms with E-state index in [1.165, 1.54) is 6.08 Å². The molecule has 2 aromatic rings. The fourth-order valence-corrected chi connectivity index (χ4v) is 2.33. The Morgan fingerprint density at radius 1 is 1.14 bits per heavy atom. The van der Waals surface area contributed by atoms with Gasteiger partial charge in [0.1, 0.15) is 0 Å². The van der Waals surface area contributed by atoms with E-state index in [9.17, 15) is 9.90 Å². The SMILES string of the molecule is O=C(C=Cc1ccccc1Br)NC(CO)c1ccccc1. The van der Waals surface area contributed by atoms with Gasteiger partial charge in [0.2, 0.25) is 5.91 Å². The summed E-state index contributed by atoms with van der Waals surface area (Å²) in [5.41, 5.74) is 1.80. The van der Waals surface area contributed by atoms with Crippen LogP contribution in [0.3, 0.4) is 0 Å². The monoisotopic (exact) mass is 345 g/mol. The van der Waals surface area contributed by atoms with Gasteiger partial charge in [-0.3, -0.25) is 4.79 Å². The Morgan fingerprint density at radius 2 is 1.81 bits per heavy atom. The van der Waals surface area contributed by atoms with Crippen LogP contribution in [-0.4, -0.2) is 17.6 Å². The quantitative estimate of drug-likeness (QED) is 0.816. The highest BCUT2D eigenvalue weighted by Gasteiger charge is 2.11. The average molecular weight is 346 g/mol. The topological polar surface area (TPSA) is 49.3 Å². The Labute approximate surface area is 132 Å². The van der Waals surface area contributed by atoms with Crippen molar-refractivity contribution in [1.29, 1.82) is 0 Å². The summed E-state index contributed by atoms with van der Waals surface area (Å²) >= 11 is 3.42. The lowest BCUT2D eigenvalue weighted by atomic mass is 10.1. The number of rotatable bonds is 5. The van der Waals surface area contributed by atoms with E-state index in [1.807, 2.05) is 54.6 Å². The molecule has 2 N–H and O–H groups in total. The third kappa shape index (κ3) is 4.55. The largest absolute Gasteiger partial charge is 0.394 e. The summed E-state index contributed by atoms with van der Waals surface area (Å²) in [5.74, 6) is -0.242. The van der Waals surface area contributed by atoms with Gasteiger partial charge in [0, 0.05) is 10.5 Å². The second-order valence-corrected chi connectivity index (χ2v) is 5.36. The second kappa shape index (κ2) is 7.76. The number of amides is 1. The molecule has 0 aliphatic carbocycles. The molecule has 0 saturated heterocycles. The minimum Gasteiger partial charge on any atom is -0.394 e. The molecule has 0 spiro atoms. The maximum atomic E-state index is 11.9. The Bertz CT molecular complexity index is 626. The van der Waals surface area contributed by atoms with Crippen molar-refractivity contribution < 1.29 is 9.90 Å². The van der Waals surface area contributed by atoms with E-state index in [0.29, 0.717) is 0 Å². The van der Waals surface area contributed by atoms with Crippen LogP contribution in [0.4, 0.5) is 0 Å². The van der Waals surface area contributed by atoms with Crippen LogP contribution in [0.1, 0.15) is 17.2 Å². The van der Waals surface area contributed by atoms with Crippen LogP contribution in [-0.2, 0) is 4.79 Å². The molecule has 0 bridgehead atoms. The number of halogens is 1. The molecule has 0 heterocycles. The van der Waals surface area contributed by atoms with Crippen molar-refractivity contribution in [3.05, 3.63) is 76.3 Å². The third-order valence-corrected chi connectivity index (χ3v) is 3.74. The number of aliphatic hydroxyl groups is 1. The lowest BCUT2D eigenvalue weighted by molar-refractivity contribution is -0.117. The highest BCUT2D eigenvalue weighted by Crippen LogP contribution is 2.17. The summed E-state index contributed by atoms with van der Waals surface area (Å²) in [4.78, 5) is 11.9. The maximum absolute atomic E-state index is 11.9. The first kappa shape index (κ1) is 15.5. The number of hydrogen-bond donors (Lipinski definition) is 2. The summed E-state index contributed by atoms with van der Waals surface area (Å²) in [6.45, 7) is -0.140. The van der Waals surface area contributed by atoms with Gasteiger partial charge < -0.3 is 10.4 Å². The van der Waals surface area contributed by atoms with E-state index in [-0.39, 0.29) is 12.5 Å². The van der Waals surface area contributed by atoms with Gasteiger partial charge in [-0.1, -0.05) is 64.5 Å². The van der Waals surface area contributed by atoms with Crippen LogP contribution in [0.25, 0.3) is 6.08 Å². The molecule has 0 radical (unpaired) electrons. The first-order chi connectivity index (χ1) is 10.2. The van der Waals surface area contributed by atoms with Gasteiger partial charge in [0.25, 0.3) is 0 Å². The second-order valence-electron chi connectivity index (χ2n) is 4.51. The van der Waals surface area contributed by atoms with Crippen LogP contribution >= 0.6 is 15.9 Å². The Hall–Kier alpha value is -1.91. The number of carbonyl (C=O) groups excluding carboxylic acids is 1. The van der Waals surface area contributed by atoms with E-state index in [4.69, 9.17) is 0 Å². The van der Waals surface area contributed by atoms with Crippen LogP contribution in [0.15, 0.2) is 65.1 Å². The van der Waals surface area contributed by atoms with E-state index < -0.39 is 6.04 Å². The predicted molar refractivity (Wildman–Crippen MR) is 87.6 cm³/mol. The molecule has 0 fully saturated rings. The molecule has 4 heteroatoms. The Kier molecular flexibility index (Phi) is 5.72. The molecule has 1 unspecified atom stereocenters. The van der Waals surface area contributed by atoms with Crippen molar-refractivity contribution in [2.45, 2.75) is 6.04 Å². The number of carbonyl (C=O) groups is 1. The zero-order valence-corrected chi connectivity index (χ0v) is 13.0. The summed E-state index contributed by atoms with van der Waals surface area (Å²) in [7, 11) is 0. The predicted octanol–water partition coefficient (Wildman–Crippen LogP) is 3.31. The molecule has 1 amide bonds. The van der Waals surface area contributed by atoms with E-state index in [1.54, 1.807) is 6.08 Å². The molecular formula is C17H16BrNO2. The highest BCUT2D eigenvalue weighted by molar-refractivity contribution is 9.10. The van der Waals surface area contributed by atoms with Gasteiger partial charge >= 0.3 is 0 Å². The molecule has 108 valence electrons. The lowest BCUT2D eigenvalue weighted by Gasteiger charge is -2.15. The summed E-state index contributed by atoms with van der Waals surface area (Å²) in [6, 6.07) is 16.6. The van der Waals surface area contributed by atoms with Crippen molar-refractivity contribution >= 4 is 27.9 Å². The molecule has 2 rings (SSSR count). The van der Waals surface area contributed by atoms with E-state index >= 15 is 0 Å². The summed E-state index contributed by atoms with van der Waals surface area (Å²) in [5, 5.41) is 12.2. The van der Waals surface area contributed by atoms with Crippen molar-refractivity contribution in [2.75, 3.05) is 6.61 Å². The normalized spacial score (nSPS) is 12.3. The Morgan fingerprint density at radius 3 is 2.48 bits per heavy atom. The van der Waals surface area contributed by atoms with Crippen molar-refractivity contribution in [1.82, 2.24) is 5.32 Å². The van der Waals surface area contributed by atoms with E-state index in [0.717, 1.165) is 15.6 Å². The van der Waals surface area contributed by atoms with Crippen LogP contribution in [0.2, 0.25) is 0 Å². The molecule has 0 aliphatic rings. The van der Waals surface area contributed by atoms with Gasteiger partial charge in [-0.25, -0.2) is 0 Å². The van der Waals surface area contributed by atoms with Gasteiger partial charge in [-0.2, -0.15) is 0 Å². The minimum absolute atomic E-state index is 0.140. The first-order valence-corrected chi connectivity index (χ1v) is 7.39. The molecule has 0 aliphatic heterocycles. The van der Waals surface area contributed by atoms with Crippen LogP contribution in [0, 0.1) is 0 Å². The first-order valence-electron chi connectivity index (χ1n) is 6.59. The molecule has 0 aromatic heterocycles. The lowest BCUT2D eigenvalue weighted by Crippen LogP contribution is -2.29. The molecule has 0 saturated carbocycles. The van der Waals surface area contributed by atoms with Gasteiger partial charge in [0.05, 0.1) is 12.6 Å². The van der Waals surface area contributed by atoms with Gasteiger partial charge in [0.15, 0.2) is 0 Å². The van der Waals surface area contributed by atoms with Crippen LogP contribution < -0.4 is 5.32 Å². The molecule has 3 nitrogen and oxygen atoms in total. The van der Waals surface area contributed by atoms with E-state index in [2.05, 4.69) is 21.2 Å². The highest BCUT2D eigenvalue weighted by atomic mass is 79.9. The number of benzene rings is 2. The van der Waals surface area contributed by atoms with Crippen molar-refractivity contribution in [3.8, 4) is 0 Å². The average Bonchev–Trinajstić information content (AvgIpc) is 2.52. The summed E-state index contributed by atoms with van der Waals surface area (Å²) < 4.78 is 0.927. The maximum Gasteiger partial charge on any atom is 0.244 e. The molecular weight excluding hydrogens is 330 g/mol. The van der Waals surface area contributed by atoms with Gasteiger partial charge in [-0.05, 0) is 23.3 Å². The molecule has 21 heavy (non-hydrogen) atoms. The van der Waals surface area contributed by atoms with Crippen LogP contribution in [0.5, 0.6) is 0 Å². The number of hydrogen-bond acceptors (Lipinski definition) is 2. The third-order valence-electron chi connectivity index (χ3n) is 3.02. The number of aliphatic hydroxyl groups excluding tert-OH is 1. The summed E-state index contributed by atoms with van der Waals surface area (Å²) in [6.07, 6.45) is 3.20. The zero-order chi connectivity index (χ0) is 15.1. The smallest absolute Gasteiger partial charge is 0.244 e. The standard InChI is InChI=1S/C17H16BrNO2/c18-15-9-5-4-6-13(15)10-11-17(21)19-16(12-20)14-7-2-1-3-8-14/h1-11,16,20H,12H2,(H,19,21). The Balaban J connectivity index is 2.02. The van der Waals surface area contributed by atoms with Crippen molar-refractivity contribution in [2.24, 2.45) is 0 Å². The number of nitrogens with one attached hydrogen (secondary N) is 1. The fourth-order valence-electron chi connectivity index (χ4n) is 1.92. The zero-order valence-electron chi connectivity index (χ0n) is 11.4.